The third-order valence-electron chi connectivity index (χ3n) is 2.95. The van der Waals surface area contributed by atoms with Gasteiger partial charge in [0.25, 0.3) is 0 Å². The van der Waals surface area contributed by atoms with Gasteiger partial charge in [-0.05, 0) is 19.4 Å². The van der Waals surface area contributed by atoms with Gasteiger partial charge in [-0.3, -0.25) is 5.10 Å². The molecule has 2 heterocycles. The molecule has 3 rings (SSSR count). The SMILES string of the molecule is Cc1cc(C)cc(CSc2nc(N)nc3[nH]ncc23)c1. The Morgan fingerprint density at radius 1 is 1.15 bits per heavy atom. The van der Waals surface area contributed by atoms with Crippen LogP contribution in [0.3, 0.4) is 0 Å². The van der Waals surface area contributed by atoms with E-state index in [9.17, 15) is 0 Å². The molecule has 0 unspecified atom stereocenters. The van der Waals surface area contributed by atoms with E-state index in [2.05, 4.69) is 52.2 Å². The van der Waals surface area contributed by atoms with Gasteiger partial charge >= 0.3 is 0 Å². The number of rotatable bonds is 3. The fraction of sp³-hybridized carbons (Fsp3) is 0.214. The topological polar surface area (TPSA) is 80.5 Å². The molecular formula is C14H15N5S. The molecular weight excluding hydrogens is 270 g/mol. The lowest BCUT2D eigenvalue weighted by Gasteiger charge is -2.06. The molecule has 0 aliphatic carbocycles. The third kappa shape index (κ3) is 2.60. The molecule has 0 saturated heterocycles. The van der Waals surface area contributed by atoms with Gasteiger partial charge in [-0.2, -0.15) is 10.1 Å². The summed E-state index contributed by atoms with van der Waals surface area (Å²) in [4.78, 5) is 8.42. The van der Waals surface area contributed by atoms with E-state index in [1.807, 2.05) is 0 Å². The summed E-state index contributed by atoms with van der Waals surface area (Å²) in [5.41, 5.74) is 10.2. The van der Waals surface area contributed by atoms with Crippen molar-refractivity contribution in [2.75, 3.05) is 5.73 Å². The molecule has 0 aliphatic rings. The molecule has 6 heteroatoms. The summed E-state index contributed by atoms with van der Waals surface area (Å²) in [6, 6.07) is 6.55. The van der Waals surface area contributed by atoms with Crippen LogP contribution in [0.5, 0.6) is 0 Å². The summed E-state index contributed by atoms with van der Waals surface area (Å²) in [6.07, 6.45) is 1.73. The summed E-state index contributed by atoms with van der Waals surface area (Å²) >= 11 is 1.65. The zero-order valence-corrected chi connectivity index (χ0v) is 12.2. The Hall–Kier alpha value is -2.08. The molecule has 3 N–H and O–H groups in total. The van der Waals surface area contributed by atoms with Gasteiger partial charge in [-0.1, -0.05) is 29.3 Å². The Labute approximate surface area is 121 Å². The smallest absolute Gasteiger partial charge is 0.223 e. The normalized spacial score (nSPS) is 11.1. The number of aromatic amines is 1. The molecule has 0 amide bonds. The van der Waals surface area contributed by atoms with Crippen molar-refractivity contribution < 1.29 is 0 Å². The monoisotopic (exact) mass is 285 g/mol. The van der Waals surface area contributed by atoms with Gasteiger partial charge in [0.05, 0.1) is 11.6 Å². The van der Waals surface area contributed by atoms with Crippen molar-refractivity contribution in [3.8, 4) is 0 Å². The highest BCUT2D eigenvalue weighted by Crippen LogP contribution is 2.28. The standard InChI is InChI=1S/C14H15N5S/c1-8-3-9(2)5-10(4-8)7-20-13-11-6-16-19-12(11)17-14(15)18-13/h3-6H,7H2,1-2H3,(H3,15,16,17,18,19). The Morgan fingerprint density at radius 2 is 1.90 bits per heavy atom. The minimum absolute atomic E-state index is 0.268. The quantitative estimate of drug-likeness (QED) is 0.571. The van der Waals surface area contributed by atoms with Gasteiger partial charge in [-0.25, -0.2) is 4.98 Å². The van der Waals surface area contributed by atoms with Crippen LogP contribution in [0.1, 0.15) is 16.7 Å². The fourth-order valence-electron chi connectivity index (χ4n) is 2.24. The average molecular weight is 285 g/mol. The maximum Gasteiger partial charge on any atom is 0.223 e. The number of fused-ring (bicyclic) bond motifs is 1. The maximum atomic E-state index is 5.72. The van der Waals surface area contributed by atoms with Gasteiger partial charge in [0.15, 0.2) is 5.65 Å². The Kier molecular flexibility index (Phi) is 3.31. The summed E-state index contributed by atoms with van der Waals surface area (Å²) in [5.74, 6) is 1.11. The van der Waals surface area contributed by atoms with Crippen molar-refractivity contribution in [3.63, 3.8) is 0 Å². The molecule has 2 aromatic heterocycles. The lowest BCUT2D eigenvalue weighted by molar-refractivity contribution is 1.08. The minimum atomic E-state index is 0.268. The number of aryl methyl sites for hydroxylation is 2. The van der Waals surface area contributed by atoms with E-state index >= 15 is 0 Å². The lowest BCUT2D eigenvalue weighted by atomic mass is 10.1. The molecule has 0 saturated carbocycles. The van der Waals surface area contributed by atoms with E-state index in [0.29, 0.717) is 5.65 Å². The Morgan fingerprint density at radius 3 is 2.65 bits per heavy atom. The largest absolute Gasteiger partial charge is 0.368 e. The van der Waals surface area contributed by atoms with Crippen LogP contribution in [0.4, 0.5) is 5.95 Å². The number of aromatic nitrogens is 4. The average Bonchev–Trinajstić information content (AvgIpc) is 2.82. The highest BCUT2D eigenvalue weighted by atomic mass is 32.2. The zero-order valence-electron chi connectivity index (χ0n) is 11.3. The molecule has 5 nitrogen and oxygen atoms in total. The number of benzene rings is 1. The number of H-pyrrole nitrogens is 1. The molecule has 0 bridgehead atoms. The summed E-state index contributed by atoms with van der Waals surface area (Å²) in [6.45, 7) is 4.22. The second-order valence-electron chi connectivity index (χ2n) is 4.80. The molecule has 3 aromatic rings. The minimum Gasteiger partial charge on any atom is -0.368 e. The first-order valence-electron chi connectivity index (χ1n) is 6.28. The van der Waals surface area contributed by atoms with Crippen LogP contribution >= 0.6 is 11.8 Å². The van der Waals surface area contributed by atoms with Crippen molar-refractivity contribution in [1.29, 1.82) is 0 Å². The van der Waals surface area contributed by atoms with Crippen molar-refractivity contribution in [3.05, 3.63) is 41.1 Å². The van der Waals surface area contributed by atoms with E-state index in [1.54, 1.807) is 18.0 Å². The first kappa shape index (κ1) is 12.9. The van der Waals surface area contributed by atoms with E-state index in [0.717, 1.165) is 16.2 Å². The Balaban J connectivity index is 1.88. The van der Waals surface area contributed by atoms with Gasteiger partial charge in [-0.15, -0.1) is 11.8 Å². The number of nitrogens with zero attached hydrogens (tertiary/aromatic N) is 3. The van der Waals surface area contributed by atoms with E-state index < -0.39 is 0 Å². The summed E-state index contributed by atoms with van der Waals surface area (Å²) in [7, 11) is 0. The molecule has 102 valence electrons. The molecule has 0 aliphatic heterocycles. The van der Waals surface area contributed by atoms with Gasteiger partial charge in [0, 0.05) is 5.75 Å². The second-order valence-corrected chi connectivity index (χ2v) is 5.77. The predicted octanol–water partition coefficient (Wildman–Crippen LogP) is 2.84. The van der Waals surface area contributed by atoms with E-state index in [-0.39, 0.29) is 5.95 Å². The molecule has 0 radical (unpaired) electrons. The third-order valence-corrected chi connectivity index (χ3v) is 4.01. The number of hydrogen-bond acceptors (Lipinski definition) is 5. The predicted molar refractivity (Wildman–Crippen MR) is 81.6 cm³/mol. The summed E-state index contributed by atoms with van der Waals surface area (Å²) < 4.78 is 0. The van der Waals surface area contributed by atoms with Crippen molar-refractivity contribution in [2.24, 2.45) is 0 Å². The first-order valence-corrected chi connectivity index (χ1v) is 7.27. The Bertz CT molecular complexity index is 745. The number of nitrogens with two attached hydrogens (primary N) is 1. The highest BCUT2D eigenvalue weighted by molar-refractivity contribution is 7.98. The number of nitrogen functional groups attached to an aromatic ring is 1. The fourth-order valence-corrected chi connectivity index (χ4v) is 3.17. The molecule has 0 atom stereocenters. The number of hydrogen-bond donors (Lipinski definition) is 2. The summed E-state index contributed by atoms with van der Waals surface area (Å²) in [5, 5.41) is 8.58. The molecule has 20 heavy (non-hydrogen) atoms. The van der Waals surface area contributed by atoms with Crippen LogP contribution in [-0.2, 0) is 5.75 Å². The molecule has 1 aromatic carbocycles. The van der Waals surface area contributed by atoms with Gasteiger partial charge in [0.1, 0.15) is 5.03 Å². The van der Waals surface area contributed by atoms with E-state index in [4.69, 9.17) is 5.73 Å². The van der Waals surface area contributed by atoms with E-state index in [1.165, 1.54) is 16.7 Å². The van der Waals surface area contributed by atoms with Crippen molar-refractivity contribution >= 4 is 28.7 Å². The molecule has 0 fully saturated rings. The van der Waals surface area contributed by atoms with Gasteiger partial charge in [0.2, 0.25) is 5.95 Å². The lowest BCUT2D eigenvalue weighted by Crippen LogP contribution is -1.97. The number of anilines is 1. The van der Waals surface area contributed by atoms with Crippen LogP contribution in [0.25, 0.3) is 11.0 Å². The first-order chi connectivity index (χ1) is 9.61. The van der Waals surface area contributed by atoms with Crippen LogP contribution in [0.15, 0.2) is 29.4 Å². The van der Waals surface area contributed by atoms with Crippen LogP contribution in [-0.4, -0.2) is 20.2 Å². The molecule has 0 spiro atoms. The van der Waals surface area contributed by atoms with Crippen molar-refractivity contribution in [1.82, 2.24) is 20.2 Å². The van der Waals surface area contributed by atoms with Crippen LogP contribution < -0.4 is 5.73 Å². The maximum absolute atomic E-state index is 5.72. The van der Waals surface area contributed by atoms with Crippen molar-refractivity contribution in [2.45, 2.75) is 24.6 Å². The van der Waals surface area contributed by atoms with Crippen LogP contribution in [0.2, 0.25) is 0 Å². The number of thioether (sulfide) groups is 1. The second kappa shape index (κ2) is 5.13. The number of nitrogens with one attached hydrogen (secondary N) is 1. The van der Waals surface area contributed by atoms with Crippen LogP contribution in [0, 0.1) is 13.8 Å². The highest BCUT2D eigenvalue weighted by Gasteiger charge is 2.09. The van der Waals surface area contributed by atoms with Gasteiger partial charge < -0.3 is 5.73 Å². The zero-order chi connectivity index (χ0) is 14.1.